The van der Waals surface area contributed by atoms with Gasteiger partial charge in [-0.25, -0.2) is 8.42 Å². The first kappa shape index (κ1) is 23.1. The van der Waals surface area contributed by atoms with Crippen molar-refractivity contribution >= 4 is 32.8 Å². The largest absolute Gasteiger partial charge is 0.497 e. The molecular weight excluding hydrogens is 444 g/mol. The number of methoxy groups -OCH3 is 1. The van der Waals surface area contributed by atoms with Gasteiger partial charge in [-0.1, -0.05) is 25.3 Å². The average molecular weight is 477 g/mol. The van der Waals surface area contributed by atoms with E-state index >= 15 is 0 Å². The monoisotopic (exact) mass is 476 g/mol. The second-order valence-electron chi connectivity index (χ2n) is 8.78. The van der Waals surface area contributed by atoms with Crippen molar-refractivity contribution in [1.29, 1.82) is 0 Å². The zero-order chi connectivity index (χ0) is 22.6. The van der Waals surface area contributed by atoms with Gasteiger partial charge in [0.25, 0.3) is 0 Å². The molecule has 2 aliphatic rings. The molecule has 4 rings (SSSR count). The van der Waals surface area contributed by atoms with Crippen LogP contribution in [0.15, 0.2) is 41.8 Å². The quantitative estimate of drug-likeness (QED) is 0.574. The van der Waals surface area contributed by atoms with Gasteiger partial charge in [0.05, 0.1) is 31.7 Å². The van der Waals surface area contributed by atoms with Gasteiger partial charge in [0, 0.05) is 22.6 Å². The van der Waals surface area contributed by atoms with Crippen LogP contribution in [0.5, 0.6) is 5.75 Å². The summed E-state index contributed by atoms with van der Waals surface area (Å²) in [4.78, 5) is 19.0. The van der Waals surface area contributed by atoms with E-state index in [1.165, 1.54) is 11.3 Å². The SMILES string of the molecule is COc1ccc(N(CC(=O)N(C2CCCCC2)C2CCS(=O)(=O)C2)Cc2cccs2)cc1. The Kier molecular flexibility index (Phi) is 7.40. The Bertz CT molecular complexity index is 984. The summed E-state index contributed by atoms with van der Waals surface area (Å²) in [5.41, 5.74) is 0.954. The molecule has 1 saturated carbocycles. The van der Waals surface area contributed by atoms with Crippen molar-refractivity contribution in [2.75, 3.05) is 30.1 Å². The lowest BCUT2D eigenvalue weighted by atomic mass is 9.92. The van der Waals surface area contributed by atoms with Crippen molar-refractivity contribution in [3.63, 3.8) is 0 Å². The number of rotatable bonds is 8. The molecule has 1 amide bonds. The molecule has 174 valence electrons. The second-order valence-corrected chi connectivity index (χ2v) is 12.0. The number of thiophene rings is 1. The fourth-order valence-corrected chi connectivity index (χ4v) is 7.36. The smallest absolute Gasteiger partial charge is 0.242 e. The van der Waals surface area contributed by atoms with E-state index in [1.807, 2.05) is 40.6 Å². The number of carbonyl (C=O) groups is 1. The van der Waals surface area contributed by atoms with E-state index in [1.54, 1.807) is 18.4 Å². The maximum Gasteiger partial charge on any atom is 0.242 e. The predicted octanol–water partition coefficient (Wildman–Crippen LogP) is 4.11. The Morgan fingerprint density at radius 1 is 1.06 bits per heavy atom. The minimum Gasteiger partial charge on any atom is -0.497 e. The topological polar surface area (TPSA) is 66.9 Å². The molecule has 1 aliphatic heterocycles. The Hall–Kier alpha value is -2.06. The van der Waals surface area contributed by atoms with Crippen molar-refractivity contribution in [2.24, 2.45) is 0 Å². The van der Waals surface area contributed by atoms with Crippen molar-refractivity contribution in [2.45, 2.75) is 57.2 Å². The molecule has 1 atom stereocenters. The van der Waals surface area contributed by atoms with Crippen LogP contribution >= 0.6 is 11.3 Å². The first-order chi connectivity index (χ1) is 15.4. The molecule has 1 aromatic carbocycles. The number of anilines is 1. The summed E-state index contributed by atoms with van der Waals surface area (Å²) in [7, 11) is -1.42. The summed E-state index contributed by atoms with van der Waals surface area (Å²) in [5.74, 6) is 1.09. The van der Waals surface area contributed by atoms with Crippen LogP contribution in [0.4, 0.5) is 5.69 Å². The highest BCUT2D eigenvalue weighted by atomic mass is 32.2. The lowest BCUT2D eigenvalue weighted by molar-refractivity contribution is -0.135. The van der Waals surface area contributed by atoms with Crippen LogP contribution in [0.3, 0.4) is 0 Å². The Labute approximate surface area is 195 Å². The highest BCUT2D eigenvalue weighted by Crippen LogP contribution is 2.30. The normalized spacial score (nSPS) is 20.7. The number of amides is 1. The molecule has 1 aliphatic carbocycles. The Balaban J connectivity index is 1.58. The van der Waals surface area contributed by atoms with E-state index < -0.39 is 9.84 Å². The molecule has 1 aromatic heterocycles. The summed E-state index contributed by atoms with van der Waals surface area (Å²) in [6, 6.07) is 11.8. The maximum atomic E-state index is 13.7. The number of hydrogen-bond acceptors (Lipinski definition) is 6. The fraction of sp³-hybridized carbons (Fsp3) is 0.542. The number of sulfone groups is 1. The van der Waals surface area contributed by atoms with Crippen molar-refractivity contribution < 1.29 is 17.9 Å². The van der Waals surface area contributed by atoms with Crippen LogP contribution in [-0.2, 0) is 21.2 Å². The number of nitrogens with zero attached hydrogens (tertiary/aromatic N) is 2. The first-order valence-corrected chi connectivity index (χ1v) is 14.1. The Morgan fingerprint density at radius 3 is 2.41 bits per heavy atom. The molecule has 32 heavy (non-hydrogen) atoms. The molecule has 8 heteroatoms. The molecule has 6 nitrogen and oxygen atoms in total. The van der Waals surface area contributed by atoms with E-state index in [2.05, 4.69) is 11.0 Å². The van der Waals surface area contributed by atoms with Gasteiger partial charge in [-0.2, -0.15) is 0 Å². The summed E-state index contributed by atoms with van der Waals surface area (Å²) in [6.07, 6.45) is 5.89. The third-order valence-corrected chi connectivity index (χ3v) is 9.16. The molecule has 2 fully saturated rings. The van der Waals surface area contributed by atoms with Gasteiger partial charge in [0.1, 0.15) is 5.75 Å². The maximum absolute atomic E-state index is 13.7. The second kappa shape index (κ2) is 10.3. The van der Waals surface area contributed by atoms with Crippen LogP contribution in [0.25, 0.3) is 0 Å². The average Bonchev–Trinajstić information content (AvgIpc) is 3.43. The van der Waals surface area contributed by atoms with E-state index in [-0.39, 0.29) is 36.0 Å². The van der Waals surface area contributed by atoms with Gasteiger partial charge in [-0.3, -0.25) is 4.79 Å². The van der Waals surface area contributed by atoms with Gasteiger partial charge in [-0.15, -0.1) is 11.3 Å². The lowest BCUT2D eigenvalue weighted by Gasteiger charge is -2.39. The molecule has 1 unspecified atom stereocenters. The third kappa shape index (κ3) is 5.64. The molecule has 0 bridgehead atoms. The van der Waals surface area contributed by atoms with Crippen LogP contribution in [0.2, 0.25) is 0 Å². The Morgan fingerprint density at radius 2 is 1.81 bits per heavy atom. The van der Waals surface area contributed by atoms with Gasteiger partial charge in [0.2, 0.25) is 5.91 Å². The standard InChI is InChI=1S/C24H32N2O4S2/c1-30-22-11-9-19(10-12-22)25(16-23-8-5-14-31-23)17-24(27)26(20-6-3-2-4-7-20)21-13-15-32(28,29)18-21/h5,8-12,14,20-21H,2-4,6-7,13,15-18H2,1H3. The zero-order valence-electron chi connectivity index (χ0n) is 18.6. The molecule has 2 aromatic rings. The zero-order valence-corrected chi connectivity index (χ0v) is 20.2. The lowest BCUT2D eigenvalue weighted by Crippen LogP contribution is -2.52. The number of carbonyl (C=O) groups excluding carboxylic acids is 1. The van der Waals surface area contributed by atoms with Gasteiger partial charge in [0.15, 0.2) is 9.84 Å². The molecule has 0 radical (unpaired) electrons. The molecule has 0 N–H and O–H groups in total. The van der Waals surface area contributed by atoms with E-state index in [4.69, 9.17) is 4.74 Å². The predicted molar refractivity (Wildman–Crippen MR) is 129 cm³/mol. The van der Waals surface area contributed by atoms with E-state index in [0.29, 0.717) is 13.0 Å². The fourth-order valence-electron chi connectivity index (χ4n) is 4.93. The minimum atomic E-state index is -3.06. The molecule has 1 saturated heterocycles. The molecule has 2 heterocycles. The number of benzene rings is 1. The molecular formula is C24H32N2O4S2. The summed E-state index contributed by atoms with van der Waals surface area (Å²) < 4.78 is 29.7. The van der Waals surface area contributed by atoms with E-state index in [0.717, 1.165) is 37.1 Å². The first-order valence-electron chi connectivity index (χ1n) is 11.4. The van der Waals surface area contributed by atoms with Crippen LogP contribution in [-0.4, -0.2) is 56.5 Å². The van der Waals surface area contributed by atoms with Crippen LogP contribution in [0, 0.1) is 0 Å². The third-order valence-electron chi connectivity index (χ3n) is 6.55. The van der Waals surface area contributed by atoms with Gasteiger partial charge in [-0.05, 0) is 55.0 Å². The number of hydrogen-bond donors (Lipinski definition) is 0. The highest BCUT2D eigenvalue weighted by molar-refractivity contribution is 7.91. The summed E-state index contributed by atoms with van der Waals surface area (Å²) in [6.45, 7) is 0.870. The van der Waals surface area contributed by atoms with Crippen LogP contribution in [0.1, 0.15) is 43.4 Å². The van der Waals surface area contributed by atoms with Crippen LogP contribution < -0.4 is 9.64 Å². The van der Waals surface area contributed by atoms with Crippen molar-refractivity contribution in [1.82, 2.24) is 4.90 Å². The van der Waals surface area contributed by atoms with Gasteiger partial charge < -0.3 is 14.5 Å². The minimum absolute atomic E-state index is 0.0337. The molecule has 0 spiro atoms. The highest BCUT2D eigenvalue weighted by Gasteiger charge is 2.38. The van der Waals surface area contributed by atoms with Crippen molar-refractivity contribution in [3.05, 3.63) is 46.7 Å². The number of ether oxygens (including phenoxy) is 1. The summed E-state index contributed by atoms with van der Waals surface area (Å²) >= 11 is 1.67. The van der Waals surface area contributed by atoms with Gasteiger partial charge >= 0.3 is 0 Å². The summed E-state index contributed by atoms with van der Waals surface area (Å²) in [5, 5.41) is 2.04. The van der Waals surface area contributed by atoms with E-state index in [9.17, 15) is 13.2 Å². The van der Waals surface area contributed by atoms with Crippen molar-refractivity contribution in [3.8, 4) is 5.75 Å².